The summed E-state index contributed by atoms with van der Waals surface area (Å²) in [5.41, 5.74) is 1.45. The van der Waals surface area contributed by atoms with Crippen molar-refractivity contribution in [2.24, 2.45) is 10.7 Å². The average molecular weight is 439 g/mol. The molecule has 0 unspecified atom stereocenters. The molecule has 2 aromatic heterocycles. The second kappa shape index (κ2) is 7.13. The molecule has 0 aromatic carbocycles. The van der Waals surface area contributed by atoms with Gasteiger partial charge in [-0.25, -0.2) is 19.0 Å². The Morgan fingerprint density at radius 2 is 2.10 bits per heavy atom. The van der Waals surface area contributed by atoms with Crippen molar-refractivity contribution in [1.29, 1.82) is 0 Å². The molecule has 29 heavy (non-hydrogen) atoms. The summed E-state index contributed by atoms with van der Waals surface area (Å²) >= 11 is 5.70. The zero-order chi connectivity index (χ0) is 21.6. The third-order valence-corrected chi connectivity index (χ3v) is 4.38. The van der Waals surface area contributed by atoms with E-state index in [2.05, 4.69) is 25.1 Å². The summed E-state index contributed by atoms with van der Waals surface area (Å²) in [6.07, 6.45) is 0.728. The van der Waals surface area contributed by atoms with E-state index < -0.39 is 53.8 Å². The molecule has 3 rings (SSSR count). The number of rotatable bonds is 4. The number of pyridine rings is 1. The quantitative estimate of drug-likeness (QED) is 0.714. The molecule has 1 aliphatic rings. The van der Waals surface area contributed by atoms with Gasteiger partial charge in [0.25, 0.3) is 11.9 Å². The zero-order valence-electron chi connectivity index (χ0n) is 14.5. The van der Waals surface area contributed by atoms with Gasteiger partial charge in [-0.1, -0.05) is 11.6 Å². The van der Waals surface area contributed by atoms with Gasteiger partial charge in [-0.3, -0.25) is 4.79 Å². The molecule has 0 saturated carbocycles. The van der Waals surface area contributed by atoms with E-state index in [-0.39, 0.29) is 15.5 Å². The number of anilines is 1. The minimum Gasteiger partial charge on any atom is -0.459 e. The third-order valence-electron chi connectivity index (χ3n) is 4.10. The minimum atomic E-state index is -3.67. The summed E-state index contributed by atoms with van der Waals surface area (Å²) in [6.45, 7) is -3.29. The van der Waals surface area contributed by atoms with Gasteiger partial charge >= 0.3 is 12.5 Å². The summed E-state index contributed by atoms with van der Waals surface area (Å²) in [6, 6.07) is 1.17. The second-order valence-electron chi connectivity index (χ2n) is 6.08. The van der Waals surface area contributed by atoms with Crippen LogP contribution in [0.4, 0.5) is 27.8 Å². The Kier molecular flexibility index (Phi) is 5.11. The molecule has 1 aliphatic heterocycles. The first kappa shape index (κ1) is 20.8. The number of aromatic nitrogens is 3. The second-order valence-corrected chi connectivity index (χ2v) is 6.49. The summed E-state index contributed by atoms with van der Waals surface area (Å²) in [7, 11) is 0. The van der Waals surface area contributed by atoms with E-state index in [9.17, 15) is 26.7 Å². The highest BCUT2D eigenvalue weighted by Gasteiger charge is 2.57. The number of alkyl halides is 4. The van der Waals surface area contributed by atoms with E-state index in [4.69, 9.17) is 17.3 Å². The summed E-state index contributed by atoms with van der Waals surface area (Å²) in [5.74, 6) is -6.24. The minimum absolute atomic E-state index is 0.155. The Hall–Kier alpha value is -2.96. The normalized spacial score (nSPS) is 20.9. The van der Waals surface area contributed by atoms with Crippen LogP contribution in [0.3, 0.4) is 0 Å². The fourth-order valence-corrected chi connectivity index (χ4v) is 2.74. The number of aliphatic imine (C=N–C) groups is 1. The Bertz CT molecular complexity index is 998. The number of carbonyl (C=O) groups is 1. The monoisotopic (exact) mass is 438 g/mol. The van der Waals surface area contributed by atoms with Gasteiger partial charge in [0, 0.05) is 0 Å². The number of nitrogens with zero attached hydrogens (tertiary/aromatic N) is 4. The number of amides is 1. The van der Waals surface area contributed by atoms with Crippen LogP contribution in [0.5, 0.6) is 0 Å². The molecule has 3 N–H and O–H groups in total. The first-order valence-corrected chi connectivity index (χ1v) is 8.19. The lowest BCUT2D eigenvalue weighted by Crippen LogP contribution is -2.51. The first-order chi connectivity index (χ1) is 13.4. The highest BCUT2D eigenvalue weighted by atomic mass is 35.5. The molecule has 0 aliphatic carbocycles. The largest absolute Gasteiger partial charge is 0.459 e. The molecule has 14 heteroatoms. The van der Waals surface area contributed by atoms with Crippen molar-refractivity contribution in [3.8, 4) is 0 Å². The van der Waals surface area contributed by atoms with Crippen LogP contribution in [-0.4, -0.2) is 39.2 Å². The fourth-order valence-electron chi connectivity index (χ4n) is 2.52. The maximum atomic E-state index is 14.4. The van der Waals surface area contributed by atoms with E-state index in [1.807, 2.05) is 0 Å². The van der Waals surface area contributed by atoms with Gasteiger partial charge in [0.05, 0.1) is 11.2 Å². The van der Waals surface area contributed by atoms with Crippen molar-refractivity contribution >= 4 is 29.3 Å². The number of amidine groups is 1. The molecule has 1 amide bonds. The molecule has 1 atom stereocenters. The maximum absolute atomic E-state index is 14.4. The van der Waals surface area contributed by atoms with E-state index in [0.717, 1.165) is 25.3 Å². The van der Waals surface area contributed by atoms with Gasteiger partial charge < -0.3 is 15.8 Å². The van der Waals surface area contributed by atoms with E-state index in [1.165, 1.54) is 0 Å². The molecule has 0 bridgehead atoms. The Labute approximate surface area is 164 Å². The number of nitrogens with one attached hydrogen (secondary N) is 1. The van der Waals surface area contributed by atoms with Gasteiger partial charge in [0.1, 0.15) is 17.3 Å². The van der Waals surface area contributed by atoms with Crippen molar-refractivity contribution in [2.75, 3.05) is 11.9 Å². The Balaban J connectivity index is 1.96. The predicted octanol–water partition coefficient (Wildman–Crippen LogP) is 2.91. The number of hydrogen-bond acceptors (Lipinski definition) is 6. The SMILES string of the molecule is C[C@]1(c2nc(NC(=O)c3nn(C(F)F)cc3Cl)ccc2F)N=C(N)OCC1(F)F. The van der Waals surface area contributed by atoms with Crippen molar-refractivity contribution in [1.82, 2.24) is 14.8 Å². The van der Waals surface area contributed by atoms with E-state index >= 15 is 0 Å². The molecule has 0 saturated heterocycles. The van der Waals surface area contributed by atoms with Crippen LogP contribution in [0.2, 0.25) is 5.02 Å². The van der Waals surface area contributed by atoms with Gasteiger partial charge in [0.15, 0.2) is 17.8 Å². The molecular formula is C15H12ClF5N6O2. The number of ether oxygens (including phenoxy) is 1. The lowest BCUT2D eigenvalue weighted by Gasteiger charge is -2.36. The lowest BCUT2D eigenvalue weighted by atomic mass is 9.89. The Morgan fingerprint density at radius 1 is 1.41 bits per heavy atom. The molecule has 0 radical (unpaired) electrons. The highest BCUT2D eigenvalue weighted by molar-refractivity contribution is 6.34. The number of halogens is 6. The van der Waals surface area contributed by atoms with Gasteiger partial charge in [-0.05, 0) is 19.1 Å². The zero-order valence-corrected chi connectivity index (χ0v) is 15.2. The van der Waals surface area contributed by atoms with Gasteiger partial charge in [-0.2, -0.15) is 22.7 Å². The standard InChI is InChI=1S/C15H12ClF5N6O2/c1-14(15(20,21)5-29-13(22)25-14)10-7(17)2-3-8(23-10)24-11(28)9-6(16)4-27(26-9)12(18)19/h2-4,12H,5H2,1H3,(H2,22,25)(H,23,24,28)/t14-/m1/s1. The maximum Gasteiger partial charge on any atom is 0.333 e. The summed E-state index contributed by atoms with van der Waals surface area (Å²) in [4.78, 5) is 19.4. The molecule has 8 nitrogen and oxygen atoms in total. The summed E-state index contributed by atoms with van der Waals surface area (Å²) < 4.78 is 73.1. The lowest BCUT2D eigenvalue weighted by molar-refractivity contribution is -0.118. The van der Waals surface area contributed by atoms with Crippen LogP contribution in [-0.2, 0) is 10.3 Å². The van der Waals surface area contributed by atoms with Crippen LogP contribution in [0.25, 0.3) is 0 Å². The topological polar surface area (TPSA) is 107 Å². The van der Waals surface area contributed by atoms with Crippen molar-refractivity contribution < 1.29 is 31.5 Å². The van der Waals surface area contributed by atoms with Crippen LogP contribution >= 0.6 is 11.6 Å². The number of carbonyl (C=O) groups excluding carboxylic acids is 1. The smallest absolute Gasteiger partial charge is 0.333 e. The van der Waals surface area contributed by atoms with E-state index in [0.29, 0.717) is 0 Å². The molecular weight excluding hydrogens is 427 g/mol. The molecule has 2 aromatic rings. The van der Waals surface area contributed by atoms with Gasteiger partial charge in [0.2, 0.25) is 0 Å². The van der Waals surface area contributed by atoms with Crippen molar-refractivity contribution in [2.45, 2.75) is 24.9 Å². The van der Waals surface area contributed by atoms with Crippen LogP contribution in [0.15, 0.2) is 23.3 Å². The van der Waals surface area contributed by atoms with Crippen LogP contribution in [0, 0.1) is 5.82 Å². The van der Waals surface area contributed by atoms with Crippen molar-refractivity contribution in [3.63, 3.8) is 0 Å². The van der Waals surface area contributed by atoms with E-state index in [1.54, 1.807) is 0 Å². The first-order valence-electron chi connectivity index (χ1n) is 7.82. The average Bonchev–Trinajstić information content (AvgIpc) is 3.02. The van der Waals surface area contributed by atoms with Crippen LogP contribution in [0.1, 0.15) is 29.7 Å². The molecule has 0 fully saturated rings. The highest BCUT2D eigenvalue weighted by Crippen LogP contribution is 2.43. The predicted molar refractivity (Wildman–Crippen MR) is 90.5 cm³/mol. The summed E-state index contributed by atoms with van der Waals surface area (Å²) in [5, 5.41) is 5.08. The number of hydrogen-bond donors (Lipinski definition) is 2. The molecule has 3 heterocycles. The van der Waals surface area contributed by atoms with Crippen molar-refractivity contribution in [3.05, 3.63) is 40.6 Å². The third kappa shape index (κ3) is 3.69. The molecule has 156 valence electrons. The fraction of sp³-hybridized carbons (Fsp3) is 0.333. The van der Waals surface area contributed by atoms with Gasteiger partial charge in [-0.15, -0.1) is 0 Å². The number of nitrogens with two attached hydrogens (primary N) is 1. The molecule has 0 spiro atoms. The Morgan fingerprint density at radius 3 is 2.72 bits per heavy atom. The van der Waals surface area contributed by atoms with Crippen LogP contribution < -0.4 is 11.1 Å².